The number of benzene rings is 1. The second kappa shape index (κ2) is 7.25. The standard InChI is InChI=1S/C21H25N3O/c1-4-8-19-18-14-25-21(2,3)11-16(18)17(12-22)20(24-19)23-13-15-9-6-5-7-10-15/h5-7,9-10H,4,8,11,13-14H2,1-3H3,(H,23,24)/p+1. The van der Waals surface area contributed by atoms with Crippen molar-refractivity contribution < 1.29 is 9.72 Å². The van der Waals surface area contributed by atoms with Gasteiger partial charge in [0.1, 0.15) is 23.9 Å². The van der Waals surface area contributed by atoms with Crippen LogP contribution in [0.25, 0.3) is 0 Å². The summed E-state index contributed by atoms with van der Waals surface area (Å²) in [5.41, 5.74) is 5.17. The molecule has 1 aliphatic rings. The van der Waals surface area contributed by atoms with Crippen molar-refractivity contribution in [2.24, 2.45) is 0 Å². The number of anilines is 1. The lowest BCUT2D eigenvalue weighted by Gasteiger charge is -2.32. The normalized spacial score (nSPS) is 15.3. The summed E-state index contributed by atoms with van der Waals surface area (Å²) < 4.78 is 6.00. The second-order valence-electron chi connectivity index (χ2n) is 7.24. The molecule has 2 aromatic rings. The van der Waals surface area contributed by atoms with Crippen LogP contribution in [0.2, 0.25) is 0 Å². The number of H-pyrrole nitrogens is 1. The summed E-state index contributed by atoms with van der Waals surface area (Å²) in [5.74, 6) is 0.825. The lowest BCUT2D eigenvalue weighted by atomic mass is 9.87. The minimum atomic E-state index is -0.236. The molecule has 25 heavy (non-hydrogen) atoms. The number of nitrogens with zero attached hydrogens (tertiary/aromatic N) is 1. The molecule has 130 valence electrons. The fourth-order valence-corrected chi connectivity index (χ4v) is 3.39. The van der Waals surface area contributed by atoms with E-state index in [1.807, 2.05) is 18.2 Å². The number of hydrogen-bond donors (Lipinski definition) is 1. The average molecular weight is 336 g/mol. The van der Waals surface area contributed by atoms with Gasteiger partial charge in [0, 0.05) is 18.4 Å². The lowest BCUT2D eigenvalue weighted by Crippen LogP contribution is -2.36. The smallest absolute Gasteiger partial charge is 0.291 e. The summed E-state index contributed by atoms with van der Waals surface area (Å²) in [6.45, 7) is 7.61. The number of aromatic nitrogens is 1. The first-order valence-electron chi connectivity index (χ1n) is 8.96. The van der Waals surface area contributed by atoms with Gasteiger partial charge in [0.05, 0.1) is 12.2 Å². The number of nitrogens with one attached hydrogen (secondary N) is 2. The van der Waals surface area contributed by atoms with Crippen molar-refractivity contribution in [1.29, 1.82) is 5.26 Å². The topological polar surface area (TPSA) is 59.2 Å². The largest absolute Gasteiger partial charge is 0.370 e. The van der Waals surface area contributed by atoms with E-state index >= 15 is 0 Å². The Morgan fingerprint density at radius 2 is 2.00 bits per heavy atom. The fraction of sp³-hybridized carbons (Fsp3) is 0.429. The van der Waals surface area contributed by atoms with Crippen molar-refractivity contribution >= 4 is 5.82 Å². The van der Waals surface area contributed by atoms with Crippen molar-refractivity contribution in [1.82, 2.24) is 0 Å². The van der Waals surface area contributed by atoms with E-state index in [4.69, 9.17) is 4.74 Å². The van der Waals surface area contributed by atoms with E-state index in [-0.39, 0.29) is 5.60 Å². The fourth-order valence-electron chi connectivity index (χ4n) is 3.39. The Morgan fingerprint density at radius 3 is 2.68 bits per heavy atom. The lowest BCUT2D eigenvalue weighted by molar-refractivity contribution is -0.376. The van der Waals surface area contributed by atoms with Gasteiger partial charge in [-0.25, -0.2) is 4.98 Å². The summed E-state index contributed by atoms with van der Waals surface area (Å²) in [4.78, 5) is 3.48. The Morgan fingerprint density at radius 1 is 1.24 bits per heavy atom. The summed E-state index contributed by atoms with van der Waals surface area (Å²) in [5, 5.41) is 13.2. The summed E-state index contributed by atoms with van der Waals surface area (Å²) in [6.07, 6.45) is 2.77. The van der Waals surface area contributed by atoms with E-state index in [0.29, 0.717) is 13.2 Å². The molecule has 0 saturated heterocycles. The molecule has 0 bridgehead atoms. The van der Waals surface area contributed by atoms with Gasteiger partial charge in [0.2, 0.25) is 0 Å². The summed E-state index contributed by atoms with van der Waals surface area (Å²) in [6, 6.07) is 12.7. The Kier molecular flexibility index (Phi) is 5.06. The van der Waals surface area contributed by atoms with Gasteiger partial charge >= 0.3 is 0 Å². The third-order valence-corrected chi connectivity index (χ3v) is 4.69. The monoisotopic (exact) mass is 336 g/mol. The highest BCUT2D eigenvalue weighted by molar-refractivity contribution is 5.56. The second-order valence-corrected chi connectivity index (χ2v) is 7.24. The molecule has 1 aromatic heterocycles. The van der Waals surface area contributed by atoms with Crippen LogP contribution < -0.4 is 10.3 Å². The zero-order valence-corrected chi connectivity index (χ0v) is 15.3. The van der Waals surface area contributed by atoms with E-state index in [1.54, 1.807) is 0 Å². The molecule has 0 aliphatic carbocycles. The van der Waals surface area contributed by atoms with Crippen molar-refractivity contribution in [3.05, 3.63) is 58.3 Å². The molecule has 0 fully saturated rings. The maximum Gasteiger partial charge on any atom is 0.291 e. The maximum atomic E-state index is 9.81. The van der Waals surface area contributed by atoms with Crippen LogP contribution in [0.4, 0.5) is 5.82 Å². The average Bonchev–Trinajstić information content (AvgIpc) is 2.60. The maximum absolute atomic E-state index is 9.81. The van der Waals surface area contributed by atoms with Gasteiger partial charge in [-0.3, -0.25) is 5.32 Å². The third-order valence-electron chi connectivity index (χ3n) is 4.69. The zero-order chi connectivity index (χ0) is 17.9. The molecule has 0 saturated carbocycles. The van der Waals surface area contributed by atoms with Crippen molar-refractivity contribution in [3.8, 4) is 6.07 Å². The first kappa shape index (κ1) is 17.4. The SMILES string of the molecule is CCCc1[nH+]c(NCc2ccccc2)c(C#N)c2c1COC(C)(C)C2. The van der Waals surface area contributed by atoms with E-state index in [0.717, 1.165) is 36.2 Å². The van der Waals surface area contributed by atoms with Gasteiger partial charge in [0.15, 0.2) is 0 Å². The van der Waals surface area contributed by atoms with Gasteiger partial charge in [0.25, 0.3) is 5.82 Å². The van der Waals surface area contributed by atoms with Crippen LogP contribution in [-0.4, -0.2) is 5.60 Å². The van der Waals surface area contributed by atoms with Crippen LogP contribution in [0.1, 0.15) is 55.1 Å². The highest BCUT2D eigenvalue weighted by atomic mass is 16.5. The third kappa shape index (κ3) is 3.83. The van der Waals surface area contributed by atoms with Gasteiger partial charge in [-0.2, -0.15) is 5.26 Å². The van der Waals surface area contributed by atoms with Crippen LogP contribution in [-0.2, 0) is 30.7 Å². The Labute approximate surface area is 149 Å². The molecule has 0 radical (unpaired) electrons. The van der Waals surface area contributed by atoms with Crippen LogP contribution in [0.5, 0.6) is 0 Å². The van der Waals surface area contributed by atoms with Gasteiger partial charge in [-0.15, -0.1) is 0 Å². The Bertz CT molecular complexity index is 791. The van der Waals surface area contributed by atoms with Gasteiger partial charge in [-0.05, 0) is 31.4 Å². The molecular weight excluding hydrogens is 310 g/mol. The molecule has 0 spiro atoms. The first-order valence-corrected chi connectivity index (χ1v) is 8.96. The molecule has 2 N–H and O–H groups in total. The number of rotatable bonds is 5. The number of hydrogen-bond acceptors (Lipinski definition) is 3. The molecule has 0 atom stereocenters. The highest BCUT2D eigenvalue weighted by Gasteiger charge is 2.33. The van der Waals surface area contributed by atoms with Crippen LogP contribution in [0.15, 0.2) is 30.3 Å². The molecule has 4 heteroatoms. The quantitative estimate of drug-likeness (QED) is 0.904. The predicted molar refractivity (Wildman–Crippen MR) is 98.0 cm³/mol. The number of aromatic amines is 1. The molecule has 3 rings (SSSR count). The Hall–Kier alpha value is -2.38. The van der Waals surface area contributed by atoms with E-state index < -0.39 is 0 Å². The molecular formula is C21H26N3O+. The molecule has 0 unspecified atom stereocenters. The number of ether oxygens (including phenoxy) is 1. The van der Waals surface area contributed by atoms with E-state index in [9.17, 15) is 5.26 Å². The van der Waals surface area contributed by atoms with Crippen LogP contribution >= 0.6 is 0 Å². The van der Waals surface area contributed by atoms with Gasteiger partial charge in [-0.1, -0.05) is 37.3 Å². The predicted octanol–water partition coefficient (Wildman–Crippen LogP) is 3.79. The molecule has 4 nitrogen and oxygen atoms in total. The van der Waals surface area contributed by atoms with E-state index in [2.05, 4.69) is 49.3 Å². The van der Waals surface area contributed by atoms with Crippen molar-refractivity contribution in [2.45, 2.75) is 58.8 Å². The molecule has 1 aliphatic heterocycles. The number of pyridine rings is 1. The highest BCUT2D eigenvalue weighted by Crippen LogP contribution is 2.33. The minimum absolute atomic E-state index is 0.236. The number of aryl methyl sites for hydroxylation is 1. The van der Waals surface area contributed by atoms with Crippen LogP contribution in [0.3, 0.4) is 0 Å². The molecule has 2 heterocycles. The first-order chi connectivity index (χ1) is 12.0. The number of nitriles is 1. The van der Waals surface area contributed by atoms with Gasteiger partial charge < -0.3 is 4.74 Å². The van der Waals surface area contributed by atoms with Crippen molar-refractivity contribution in [2.75, 3.05) is 5.32 Å². The zero-order valence-electron chi connectivity index (χ0n) is 15.3. The summed E-state index contributed by atoms with van der Waals surface area (Å²) in [7, 11) is 0. The number of fused-ring (bicyclic) bond motifs is 1. The Balaban J connectivity index is 1.99. The summed E-state index contributed by atoms with van der Waals surface area (Å²) >= 11 is 0. The van der Waals surface area contributed by atoms with Crippen LogP contribution in [0, 0.1) is 11.3 Å². The minimum Gasteiger partial charge on any atom is -0.370 e. The molecule has 0 amide bonds. The van der Waals surface area contributed by atoms with Crippen molar-refractivity contribution in [3.63, 3.8) is 0 Å². The van der Waals surface area contributed by atoms with E-state index in [1.165, 1.54) is 16.8 Å². The molecule has 1 aromatic carbocycles.